The van der Waals surface area contributed by atoms with Crippen LogP contribution in [0.15, 0.2) is 33.6 Å². The largest absolute Gasteiger partial charge is 0.481 e. The molecule has 118 valence electrons. The molecule has 1 aromatic carbocycles. The zero-order valence-corrected chi connectivity index (χ0v) is 12.5. The zero-order valence-electron chi connectivity index (χ0n) is 12.5. The van der Waals surface area contributed by atoms with Crippen LogP contribution in [0, 0.1) is 6.92 Å². The average molecular weight is 313 g/mol. The number of aryl methyl sites for hydroxylation is 2. The summed E-state index contributed by atoms with van der Waals surface area (Å²) < 4.78 is 5.08. The van der Waals surface area contributed by atoms with Crippen LogP contribution in [0.3, 0.4) is 0 Å². The summed E-state index contributed by atoms with van der Waals surface area (Å²) in [4.78, 5) is 29.7. The molecular weight excluding hydrogens is 298 g/mol. The van der Waals surface area contributed by atoms with E-state index in [1.165, 1.54) is 0 Å². The molecule has 7 heteroatoms. The Bertz CT molecular complexity index is 926. The minimum absolute atomic E-state index is 0.0353. The zero-order chi connectivity index (χ0) is 16.4. The Kier molecular flexibility index (Phi) is 3.92. The summed E-state index contributed by atoms with van der Waals surface area (Å²) >= 11 is 0. The van der Waals surface area contributed by atoms with E-state index in [-0.39, 0.29) is 17.8 Å². The number of aromatic nitrogens is 3. The lowest BCUT2D eigenvalue weighted by molar-refractivity contribution is -0.137. The first-order valence-corrected chi connectivity index (χ1v) is 7.21. The molecule has 0 bridgehead atoms. The second-order valence-corrected chi connectivity index (χ2v) is 5.36. The highest BCUT2D eigenvalue weighted by Gasteiger charge is 2.13. The number of pyridine rings is 1. The van der Waals surface area contributed by atoms with Crippen molar-refractivity contribution in [3.8, 4) is 11.4 Å². The van der Waals surface area contributed by atoms with Crippen LogP contribution in [-0.4, -0.2) is 26.2 Å². The summed E-state index contributed by atoms with van der Waals surface area (Å²) in [6.45, 7) is 1.95. The quantitative estimate of drug-likeness (QED) is 0.748. The first-order valence-electron chi connectivity index (χ1n) is 7.21. The van der Waals surface area contributed by atoms with E-state index in [0.717, 1.165) is 16.5 Å². The number of aromatic amines is 1. The van der Waals surface area contributed by atoms with Gasteiger partial charge in [0.2, 0.25) is 11.7 Å². The van der Waals surface area contributed by atoms with Crippen molar-refractivity contribution in [1.29, 1.82) is 0 Å². The van der Waals surface area contributed by atoms with Gasteiger partial charge in [-0.2, -0.15) is 4.98 Å². The molecule has 0 saturated carbocycles. The lowest BCUT2D eigenvalue weighted by Crippen LogP contribution is -2.09. The number of carboxylic acid groups (broad SMARTS) is 1. The van der Waals surface area contributed by atoms with Crippen LogP contribution in [0.2, 0.25) is 0 Å². The molecule has 0 unspecified atom stereocenters. The topological polar surface area (TPSA) is 109 Å². The number of nitrogens with one attached hydrogen (secondary N) is 1. The molecule has 0 saturated heterocycles. The smallest absolute Gasteiger partial charge is 0.303 e. The molecule has 7 nitrogen and oxygen atoms in total. The molecule has 23 heavy (non-hydrogen) atoms. The highest BCUT2D eigenvalue weighted by atomic mass is 16.5. The molecular formula is C16H15N3O4. The van der Waals surface area contributed by atoms with E-state index in [9.17, 15) is 9.59 Å². The number of nitrogens with zero attached hydrogens (tertiary/aromatic N) is 2. The lowest BCUT2D eigenvalue weighted by Gasteiger charge is -2.01. The molecule has 0 atom stereocenters. The Balaban J connectivity index is 1.89. The number of benzene rings is 1. The van der Waals surface area contributed by atoms with Crippen LogP contribution in [-0.2, 0) is 11.2 Å². The van der Waals surface area contributed by atoms with E-state index in [0.29, 0.717) is 24.3 Å². The van der Waals surface area contributed by atoms with Crippen LogP contribution in [0.5, 0.6) is 0 Å². The van der Waals surface area contributed by atoms with Crippen LogP contribution in [0.4, 0.5) is 0 Å². The van der Waals surface area contributed by atoms with Crippen molar-refractivity contribution in [1.82, 2.24) is 15.1 Å². The molecule has 0 fully saturated rings. The number of hydrogen-bond acceptors (Lipinski definition) is 5. The number of carboxylic acids is 1. The highest BCUT2D eigenvalue weighted by Crippen LogP contribution is 2.18. The maximum absolute atomic E-state index is 12.2. The maximum Gasteiger partial charge on any atom is 0.303 e. The van der Waals surface area contributed by atoms with Crippen LogP contribution < -0.4 is 5.56 Å². The summed E-state index contributed by atoms with van der Waals surface area (Å²) in [5.74, 6) is -0.338. The average Bonchev–Trinajstić information content (AvgIpc) is 2.94. The Morgan fingerprint density at radius 2 is 2.17 bits per heavy atom. The van der Waals surface area contributed by atoms with E-state index in [1.54, 1.807) is 6.07 Å². The van der Waals surface area contributed by atoms with Gasteiger partial charge in [-0.25, -0.2) is 0 Å². The Morgan fingerprint density at radius 3 is 2.96 bits per heavy atom. The Labute approximate surface area is 131 Å². The van der Waals surface area contributed by atoms with Gasteiger partial charge < -0.3 is 14.6 Å². The third-order valence-corrected chi connectivity index (χ3v) is 3.49. The summed E-state index contributed by atoms with van der Waals surface area (Å²) in [6.07, 6.45) is 0.807. The van der Waals surface area contributed by atoms with Crippen molar-refractivity contribution in [2.75, 3.05) is 0 Å². The Morgan fingerprint density at radius 1 is 1.35 bits per heavy atom. The minimum atomic E-state index is -0.869. The predicted octanol–water partition coefficient (Wildman–Crippen LogP) is 2.29. The van der Waals surface area contributed by atoms with E-state index in [1.807, 2.05) is 25.1 Å². The predicted molar refractivity (Wildman–Crippen MR) is 83.2 cm³/mol. The summed E-state index contributed by atoms with van der Waals surface area (Å²) in [5.41, 5.74) is 1.85. The normalized spacial score (nSPS) is 11.0. The molecule has 0 aliphatic carbocycles. The van der Waals surface area contributed by atoms with Gasteiger partial charge in [-0.3, -0.25) is 9.59 Å². The number of rotatable bonds is 5. The fourth-order valence-electron chi connectivity index (χ4n) is 2.34. The van der Waals surface area contributed by atoms with Gasteiger partial charge in [0.15, 0.2) is 0 Å². The summed E-state index contributed by atoms with van der Waals surface area (Å²) in [6, 6.07) is 7.49. The fourth-order valence-corrected chi connectivity index (χ4v) is 2.34. The van der Waals surface area contributed by atoms with Crippen LogP contribution >= 0.6 is 0 Å². The molecule has 0 amide bonds. The monoisotopic (exact) mass is 313 g/mol. The van der Waals surface area contributed by atoms with Gasteiger partial charge in [0.05, 0.1) is 5.56 Å². The van der Waals surface area contributed by atoms with Crippen LogP contribution in [0.1, 0.15) is 24.3 Å². The Hall–Kier alpha value is -2.96. The van der Waals surface area contributed by atoms with Crippen molar-refractivity contribution >= 4 is 16.9 Å². The third-order valence-electron chi connectivity index (χ3n) is 3.49. The van der Waals surface area contributed by atoms with Gasteiger partial charge in [0, 0.05) is 18.4 Å². The molecule has 0 spiro atoms. The molecule has 0 radical (unpaired) electrons. The van der Waals surface area contributed by atoms with E-state index < -0.39 is 5.97 Å². The molecule has 2 N–H and O–H groups in total. The van der Waals surface area contributed by atoms with Crippen molar-refractivity contribution < 1.29 is 14.4 Å². The van der Waals surface area contributed by atoms with Crippen molar-refractivity contribution in [3.63, 3.8) is 0 Å². The minimum Gasteiger partial charge on any atom is -0.481 e. The maximum atomic E-state index is 12.2. The number of hydrogen-bond donors (Lipinski definition) is 2. The first-order chi connectivity index (χ1) is 11.0. The SMILES string of the molecule is Cc1ccc2cc(-c3noc(CCCC(=O)O)n3)c(=O)[nH]c2c1. The fraction of sp³-hybridized carbons (Fsp3) is 0.250. The second kappa shape index (κ2) is 6.04. The van der Waals surface area contributed by atoms with E-state index in [2.05, 4.69) is 15.1 Å². The van der Waals surface area contributed by atoms with Gasteiger partial charge in [-0.05, 0) is 36.4 Å². The van der Waals surface area contributed by atoms with Crippen LogP contribution in [0.25, 0.3) is 22.3 Å². The highest BCUT2D eigenvalue weighted by molar-refractivity contribution is 5.82. The summed E-state index contributed by atoms with van der Waals surface area (Å²) in [5, 5.41) is 13.3. The number of fused-ring (bicyclic) bond motifs is 1. The van der Waals surface area contributed by atoms with Gasteiger partial charge >= 0.3 is 5.97 Å². The van der Waals surface area contributed by atoms with E-state index >= 15 is 0 Å². The molecule has 0 aliphatic rings. The standard InChI is InChI=1S/C16H15N3O4/c1-9-5-6-10-8-11(16(22)17-12(10)7-9)15-18-13(23-19-15)3-2-4-14(20)21/h5-8H,2-4H2,1H3,(H,17,22)(H,20,21). The first kappa shape index (κ1) is 15.0. The molecule has 0 aliphatic heterocycles. The van der Waals surface area contributed by atoms with Gasteiger partial charge in [-0.15, -0.1) is 0 Å². The molecule has 2 heterocycles. The van der Waals surface area contributed by atoms with Gasteiger partial charge in [0.25, 0.3) is 5.56 Å². The van der Waals surface area contributed by atoms with Crippen molar-refractivity contribution in [2.45, 2.75) is 26.2 Å². The summed E-state index contributed by atoms with van der Waals surface area (Å²) in [7, 11) is 0. The van der Waals surface area contributed by atoms with Gasteiger partial charge in [0.1, 0.15) is 0 Å². The van der Waals surface area contributed by atoms with Crippen molar-refractivity contribution in [2.24, 2.45) is 0 Å². The number of carbonyl (C=O) groups is 1. The molecule has 2 aromatic heterocycles. The third kappa shape index (κ3) is 3.28. The van der Waals surface area contributed by atoms with Crippen molar-refractivity contribution in [3.05, 3.63) is 46.1 Å². The lowest BCUT2D eigenvalue weighted by atomic mass is 10.1. The van der Waals surface area contributed by atoms with Gasteiger partial charge in [-0.1, -0.05) is 17.3 Å². The number of H-pyrrole nitrogens is 1. The second-order valence-electron chi connectivity index (χ2n) is 5.36. The number of aliphatic carboxylic acids is 1. The molecule has 3 aromatic rings. The van der Waals surface area contributed by atoms with E-state index in [4.69, 9.17) is 9.63 Å². The molecule has 3 rings (SSSR count).